The first-order valence-corrected chi connectivity index (χ1v) is 9.77. The average Bonchev–Trinajstić information content (AvgIpc) is 2.83. The maximum absolute atomic E-state index is 12.1. The Kier molecular flexibility index (Phi) is 7.76. The van der Waals surface area contributed by atoms with Crippen molar-refractivity contribution in [1.29, 1.82) is 0 Å². The zero-order valence-corrected chi connectivity index (χ0v) is 17.4. The molecule has 11 heteroatoms. The lowest BCUT2D eigenvalue weighted by molar-refractivity contribution is -0.132. The first-order chi connectivity index (χ1) is 16.0. The van der Waals surface area contributed by atoms with Crippen LogP contribution in [0.3, 0.4) is 0 Å². The van der Waals surface area contributed by atoms with Gasteiger partial charge in [0, 0.05) is 5.56 Å². The lowest BCUT2D eigenvalue weighted by Crippen LogP contribution is -2.33. The highest BCUT2D eigenvalue weighted by Crippen LogP contribution is 2.30. The van der Waals surface area contributed by atoms with E-state index in [1.165, 1.54) is 12.1 Å². The molecule has 0 aliphatic carbocycles. The molecule has 168 valence electrons. The molecule has 0 spiro atoms. The molecule has 6 N–H and O–H groups in total. The maximum atomic E-state index is 12.1. The van der Waals surface area contributed by atoms with Crippen LogP contribution in [0.1, 0.15) is 10.4 Å². The summed E-state index contributed by atoms with van der Waals surface area (Å²) in [6.45, 7) is -0.513. The van der Waals surface area contributed by atoms with E-state index in [2.05, 4.69) is 25.8 Å². The van der Waals surface area contributed by atoms with Crippen LogP contribution in [0.4, 0.5) is 23.0 Å². The van der Waals surface area contributed by atoms with Crippen molar-refractivity contribution >= 4 is 40.8 Å². The van der Waals surface area contributed by atoms with Gasteiger partial charge in [0.15, 0.2) is 11.6 Å². The third kappa shape index (κ3) is 6.67. The Labute approximate surface area is 188 Å². The topological polar surface area (TPSA) is 174 Å². The summed E-state index contributed by atoms with van der Waals surface area (Å²) in [7, 11) is 0. The summed E-state index contributed by atoms with van der Waals surface area (Å²) in [4.78, 5) is 39.6. The predicted octanol–water partition coefficient (Wildman–Crippen LogP) is 2.31. The van der Waals surface area contributed by atoms with Crippen LogP contribution in [0.2, 0.25) is 0 Å². The van der Waals surface area contributed by atoms with Crippen LogP contribution in [0, 0.1) is 0 Å². The van der Waals surface area contributed by atoms with Gasteiger partial charge >= 0.3 is 5.97 Å². The highest BCUT2D eigenvalue weighted by Gasteiger charge is 2.10. The molecule has 0 atom stereocenters. The second kappa shape index (κ2) is 11.1. The molecule has 0 fully saturated rings. The van der Waals surface area contributed by atoms with E-state index in [-0.39, 0.29) is 42.1 Å². The number of esters is 1. The van der Waals surface area contributed by atoms with Crippen LogP contribution in [-0.4, -0.2) is 35.9 Å². The molecule has 1 heterocycles. The van der Waals surface area contributed by atoms with Gasteiger partial charge in [-0.3, -0.25) is 14.4 Å². The van der Waals surface area contributed by atoms with Crippen LogP contribution in [0.5, 0.6) is 5.75 Å². The zero-order chi connectivity index (χ0) is 23.6. The largest absolute Gasteiger partial charge is 0.423 e. The number of nitrogens with zero attached hydrogens (tertiary/aromatic N) is 3. The minimum Gasteiger partial charge on any atom is -0.423 e. The van der Waals surface area contributed by atoms with Gasteiger partial charge in [-0.2, -0.15) is 0 Å². The second-order valence-corrected chi connectivity index (χ2v) is 6.54. The van der Waals surface area contributed by atoms with E-state index in [1.54, 1.807) is 54.6 Å². The van der Waals surface area contributed by atoms with Gasteiger partial charge < -0.3 is 26.8 Å². The average molecular weight is 447 g/mol. The lowest BCUT2D eigenvalue weighted by Gasteiger charge is -2.08. The Bertz CT molecular complexity index is 1180. The van der Waals surface area contributed by atoms with Crippen molar-refractivity contribution in [3.05, 3.63) is 72.3 Å². The van der Waals surface area contributed by atoms with Crippen LogP contribution in [0.15, 0.2) is 77.0 Å². The molecule has 0 saturated carbocycles. The van der Waals surface area contributed by atoms with E-state index >= 15 is 0 Å². The number of ether oxygens (including phenoxy) is 1. The van der Waals surface area contributed by atoms with Crippen LogP contribution < -0.4 is 26.8 Å². The van der Waals surface area contributed by atoms with Gasteiger partial charge in [-0.1, -0.05) is 30.3 Å². The third-order valence-corrected chi connectivity index (χ3v) is 4.14. The van der Waals surface area contributed by atoms with Crippen molar-refractivity contribution in [2.24, 2.45) is 16.0 Å². The monoisotopic (exact) mass is 447 g/mol. The fourth-order valence-electron chi connectivity index (χ4n) is 2.56. The molecule has 3 rings (SSSR count). The summed E-state index contributed by atoms with van der Waals surface area (Å²) >= 11 is 0. The molecule has 0 unspecified atom stereocenters. The molecule has 0 bridgehead atoms. The minimum absolute atomic E-state index is 0.0151. The van der Waals surface area contributed by atoms with Gasteiger partial charge in [0.25, 0.3) is 5.91 Å². The zero-order valence-electron chi connectivity index (χ0n) is 17.4. The van der Waals surface area contributed by atoms with E-state index in [0.29, 0.717) is 11.3 Å². The maximum Gasteiger partial charge on any atom is 0.325 e. The number of para-hydroxylation sites is 1. The molecule has 33 heavy (non-hydrogen) atoms. The van der Waals surface area contributed by atoms with Crippen LogP contribution >= 0.6 is 0 Å². The fourth-order valence-corrected chi connectivity index (χ4v) is 2.56. The Hall–Kier alpha value is -4.64. The van der Waals surface area contributed by atoms with Gasteiger partial charge in [-0.05, 0) is 36.4 Å². The SMILES string of the molecule is NCC(=O)Oc1ccccc1/N=N/c1ccc(NC(=O)CNC(=O)c2ccccc2)nc1N. The smallest absolute Gasteiger partial charge is 0.325 e. The van der Waals surface area contributed by atoms with Gasteiger partial charge in [0.1, 0.15) is 17.2 Å². The van der Waals surface area contributed by atoms with Crippen LogP contribution in [0.25, 0.3) is 0 Å². The standard InChI is InChI=1S/C22H21N7O4/c23-12-20(31)33-17-9-5-4-8-15(17)28-29-16-10-11-18(27-21(16)24)26-19(30)13-25-22(32)14-6-2-1-3-7-14/h1-11H,12-13,23H2,(H,25,32)(H3,24,26,27,30)/b29-28+. The van der Waals surface area contributed by atoms with E-state index in [1.807, 2.05) is 0 Å². The van der Waals surface area contributed by atoms with Crippen molar-refractivity contribution in [3.8, 4) is 5.75 Å². The van der Waals surface area contributed by atoms with Crippen LogP contribution in [-0.2, 0) is 9.59 Å². The molecule has 2 amide bonds. The number of nitrogens with one attached hydrogen (secondary N) is 2. The van der Waals surface area contributed by atoms with Crippen molar-refractivity contribution in [3.63, 3.8) is 0 Å². The molecule has 2 aromatic carbocycles. The number of azo groups is 1. The van der Waals surface area contributed by atoms with Crippen molar-refractivity contribution in [1.82, 2.24) is 10.3 Å². The van der Waals surface area contributed by atoms with Gasteiger partial charge in [0.05, 0.1) is 13.1 Å². The minimum atomic E-state index is -0.612. The number of anilines is 2. The summed E-state index contributed by atoms with van der Waals surface area (Å²) in [5.41, 5.74) is 12.2. The molecular formula is C22H21N7O4. The quantitative estimate of drug-likeness (QED) is 0.233. The molecule has 0 aliphatic heterocycles. The number of aromatic nitrogens is 1. The van der Waals surface area contributed by atoms with Crippen molar-refractivity contribution < 1.29 is 19.1 Å². The number of benzene rings is 2. The first kappa shape index (κ1) is 23.0. The first-order valence-electron chi connectivity index (χ1n) is 9.77. The van der Waals surface area contributed by atoms with E-state index in [0.717, 1.165) is 0 Å². The number of pyridine rings is 1. The normalized spacial score (nSPS) is 10.6. The van der Waals surface area contributed by atoms with Crippen molar-refractivity contribution in [2.75, 3.05) is 24.1 Å². The van der Waals surface area contributed by atoms with E-state index in [9.17, 15) is 14.4 Å². The number of nitrogen functional groups attached to an aromatic ring is 1. The van der Waals surface area contributed by atoms with Gasteiger partial charge in [-0.15, -0.1) is 10.2 Å². The van der Waals surface area contributed by atoms with Gasteiger partial charge in [0.2, 0.25) is 5.91 Å². The number of hydrogen-bond donors (Lipinski definition) is 4. The summed E-state index contributed by atoms with van der Waals surface area (Å²) in [6, 6.07) is 18.1. The highest BCUT2D eigenvalue weighted by molar-refractivity contribution is 5.99. The number of amides is 2. The predicted molar refractivity (Wildman–Crippen MR) is 121 cm³/mol. The summed E-state index contributed by atoms with van der Waals surface area (Å²) in [5, 5.41) is 13.1. The van der Waals surface area contributed by atoms with E-state index < -0.39 is 11.9 Å². The van der Waals surface area contributed by atoms with Crippen molar-refractivity contribution in [2.45, 2.75) is 0 Å². The molecule has 11 nitrogen and oxygen atoms in total. The number of carbonyl (C=O) groups is 3. The third-order valence-electron chi connectivity index (χ3n) is 4.14. The number of rotatable bonds is 8. The molecule has 1 aromatic heterocycles. The fraction of sp³-hybridized carbons (Fsp3) is 0.0909. The summed E-state index contributed by atoms with van der Waals surface area (Å²) in [5.74, 6) is -1.06. The molecule has 0 saturated heterocycles. The number of carbonyl (C=O) groups excluding carboxylic acids is 3. The molecule has 0 aliphatic rings. The second-order valence-electron chi connectivity index (χ2n) is 6.54. The Balaban J connectivity index is 1.60. The highest BCUT2D eigenvalue weighted by atomic mass is 16.5. The molecule has 0 radical (unpaired) electrons. The number of hydrogen-bond acceptors (Lipinski definition) is 9. The Morgan fingerprint density at radius 3 is 2.33 bits per heavy atom. The lowest BCUT2D eigenvalue weighted by atomic mass is 10.2. The summed E-state index contributed by atoms with van der Waals surface area (Å²) < 4.78 is 5.10. The Morgan fingerprint density at radius 2 is 1.61 bits per heavy atom. The van der Waals surface area contributed by atoms with E-state index in [4.69, 9.17) is 16.2 Å². The number of nitrogens with two attached hydrogens (primary N) is 2. The Morgan fingerprint density at radius 1 is 0.909 bits per heavy atom. The van der Waals surface area contributed by atoms with Gasteiger partial charge in [-0.25, -0.2) is 4.98 Å². The molecule has 3 aromatic rings. The molecular weight excluding hydrogens is 426 g/mol. The summed E-state index contributed by atoms with van der Waals surface area (Å²) in [6.07, 6.45) is 0.